The van der Waals surface area contributed by atoms with E-state index in [1.165, 1.54) is 5.54 Å². The zero-order chi connectivity index (χ0) is 11.1. The number of nitrogens with one attached hydrogen (secondary N) is 1. The van der Waals surface area contributed by atoms with Gasteiger partial charge in [0.15, 0.2) is 0 Å². The highest BCUT2D eigenvalue weighted by molar-refractivity contribution is 5.76. The quantitative estimate of drug-likeness (QED) is 0.594. The molecule has 0 aliphatic rings. The summed E-state index contributed by atoms with van der Waals surface area (Å²) in [6.45, 7) is 1.95. The minimum atomic E-state index is -0.924. The standard InChI is InChI=1S/C11H14FNO2/c1-2-15-11(14)10(13-12)8-9-6-4-3-5-7-9/h3-7,10,13H,2,8H2,1H3/t10-/m0/s1. The van der Waals surface area contributed by atoms with Crippen molar-refractivity contribution in [2.24, 2.45) is 0 Å². The van der Waals surface area contributed by atoms with Gasteiger partial charge in [0.2, 0.25) is 0 Å². The lowest BCUT2D eigenvalue weighted by Gasteiger charge is -2.12. The maximum absolute atomic E-state index is 12.4. The van der Waals surface area contributed by atoms with Gasteiger partial charge in [-0.25, -0.2) is 0 Å². The Bertz CT molecular complexity index is 303. The average molecular weight is 211 g/mol. The monoisotopic (exact) mass is 211 g/mol. The predicted molar refractivity (Wildman–Crippen MR) is 54.8 cm³/mol. The molecule has 82 valence electrons. The second-order valence-electron chi connectivity index (χ2n) is 3.10. The van der Waals surface area contributed by atoms with Crippen molar-refractivity contribution in [1.82, 2.24) is 5.54 Å². The Kier molecular flexibility index (Phi) is 4.77. The van der Waals surface area contributed by atoms with Crippen molar-refractivity contribution in [3.8, 4) is 0 Å². The molecule has 1 aromatic rings. The van der Waals surface area contributed by atoms with Crippen molar-refractivity contribution < 1.29 is 14.0 Å². The fraction of sp³-hybridized carbons (Fsp3) is 0.364. The molecule has 0 aromatic heterocycles. The SMILES string of the molecule is CCOC(=O)[C@H](Cc1ccccc1)NF. The van der Waals surface area contributed by atoms with E-state index in [2.05, 4.69) is 0 Å². The second kappa shape index (κ2) is 6.14. The highest BCUT2D eigenvalue weighted by Gasteiger charge is 2.19. The molecule has 0 fully saturated rings. The van der Waals surface area contributed by atoms with Gasteiger partial charge in [0.1, 0.15) is 6.04 Å². The lowest BCUT2D eigenvalue weighted by Crippen LogP contribution is -2.35. The van der Waals surface area contributed by atoms with Crippen LogP contribution in [0.15, 0.2) is 30.3 Å². The van der Waals surface area contributed by atoms with Crippen molar-refractivity contribution in [2.45, 2.75) is 19.4 Å². The summed E-state index contributed by atoms with van der Waals surface area (Å²) in [5.74, 6) is -0.566. The third-order valence-electron chi connectivity index (χ3n) is 1.99. The van der Waals surface area contributed by atoms with Crippen molar-refractivity contribution >= 4 is 5.97 Å². The molecule has 4 heteroatoms. The number of hydrogen-bond donors (Lipinski definition) is 1. The molecule has 1 aromatic carbocycles. The summed E-state index contributed by atoms with van der Waals surface area (Å²) >= 11 is 0. The van der Waals surface area contributed by atoms with Crippen LogP contribution < -0.4 is 5.54 Å². The van der Waals surface area contributed by atoms with Crippen LogP contribution in [0.3, 0.4) is 0 Å². The Balaban J connectivity index is 2.58. The Morgan fingerprint density at radius 3 is 2.67 bits per heavy atom. The van der Waals surface area contributed by atoms with Crippen LogP contribution in [0.2, 0.25) is 0 Å². The summed E-state index contributed by atoms with van der Waals surface area (Å²) < 4.78 is 17.1. The van der Waals surface area contributed by atoms with E-state index in [0.29, 0.717) is 0 Å². The first-order valence-corrected chi connectivity index (χ1v) is 4.84. The number of ether oxygens (including phenoxy) is 1. The Hall–Kier alpha value is -1.42. The van der Waals surface area contributed by atoms with Crippen LogP contribution in [0.1, 0.15) is 12.5 Å². The number of carbonyl (C=O) groups excluding carboxylic acids is 1. The molecule has 0 saturated carbocycles. The largest absolute Gasteiger partial charge is 0.465 e. The molecule has 3 nitrogen and oxygen atoms in total. The molecule has 1 rings (SSSR count). The molecule has 0 aliphatic heterocycles. The molecule has 0 spiro atoms. The van der Waals surface area contributed by atoms with E-state index in [9.17, 15) is 9.28 Å². The molecule has 0 heterocycles. The van der Waals surface area contributed by atoms with E-state index < -0.39 is 12.0 Å². The highest BCUT2D eigenvalue weighted by Crippen LogP contribution is 2.04. The summed E-state index contributed by atoms with van der Waals surface area (Å²) in [6.07, 6.45) is 0.288. The lowest BCUT2D eigenvalue weighted by molar-refractivity contribution is -0.147. The first-order valence-electron chi connectivity index (χ1n) is 4.84. The molecule has 0 bridgehead atoms. The van der Waals surface area contributed by atoms with E-state index >= 15 is 0 Å². The third-order valence-corrected chi connectivity index (χ3v) is 1.99. The highest BCUT2D eigenvalue weighted by atomic mass is 19.2. The van der Waals surface area contributed by atoms with Gasteiger partial charge in [0, 0.05) is 6.42 Å². The normalized spacial score (nSPS) is 12.1. The second-order valence-corrected chi connectivity index (χ2v) is 3.10. The van der Waals surface area contributed by atoms with Gasteiger partial charge in [-0.2, -0.15) is 0 Å². The molecule has 0 radical (unpaired) electrons. The van der Waals surface area contributed by atoms with E-state index in [1.807, 2.05) is 30.3 Å². The van der Waals surface area contributed by atoms with Crippen LogP contribution >= 0.6 is 0 Å². The Morgan fingerprint density at radius 1 is 1.47 bits per heavy atom. The number of halogens is 1. The van der Waals surface area contributed by atoms with Crippen molar-refractivity contribution in [1.29, 1.82) is 0 Å². The van der Waals surface area contributed by atoms with Gasteiger partial charge in [-0.05, 0) is 12.5 Å². The van der Waals surface area contributed by atoms with Crippen molar-refractivity contribution in [3.63, 3.8) is 0 Å². The first kappa shape index (κ1) is 11.7. The average Bonchev–Trinajstić information content (AvgIpc) is 2.27. The number of benzene rings is 1. The maximum Gasteiger partial charge on any atom is 0.326 e. The van der Waals surface area contributed by atoms with Crippen LogP contribution in [0, 0.1) is 0 Å². The minimum absolute atomic E-state index is 0.256. The number of rotatable bonds is 5. The van der Waals surface area contributed by atoms with Crippen molar-refractivity contribution in [3.05, 3.63) is 35.9 Å². The van der Waals surface area contributed by atoms with Gasteiger partial charge in [-0.15, -0.1) is 10.0 Å². The van der Waals surface area contributed by atoms with Gasteiger partial charge in [0.05, 0.1) is 6.61 Å². The van der Waals surface area contributed by atoms with E-state index in [-0.39, 0.29) is 13.0 Å². The molecule has 0 aliphatic carbocycles. The summed E-state index contributed by atoms with van der Waals surface area (Å²) in [5.41, 5.74) is 2.35. The van der Waals surface area contributed by atoms with Crippen LogP contribution in [0.4, 0.5) is 4.48 Å². The molecule has 1 atom stereocenters. The van der Waals surface area contributed by atoms with Gasteiger partial charge in [-0.3, -0.25) is 4.79 Å². The molecule has 0 amide bonds. The minimum Gasteiger partial charge on any atom is -0.465 e. The Labute approximate surface area is 88.2 Å². The fourth-order valence-electron chi connectivity index (χ4n) is 1.26. The van der Waals surface area contributed by atoms with E-state index in [0.717, 1.165) is 5.56 Å². The molecule has 15 heavy (non-hydrogen) atoms. The van der Waals surface area contributed by atoms with Gasteiger partial charge >= 0.3 is 5.97 Å². The molecular weight excluding hydrogens is 197 g/mol. The summed E-state index contributed by atoms with van der Waals surface area (Å²) in [7, 11) is 0. The van der Waals surface area contributed by atoms with Crippen LogP contribution in [-0.2, 0) is 16.0 Å². The third kappa shape index (κ3) is 3.67. The smallest absolute Gasteiger partial charge is 0.326 e. The summed E-state index contributed by atoms with van der Waals surface area (Å²) in [6, 6.07) is 8.30. The number of carbonyl (C=O) groups is 1. The molecular formula is C11H14FNO2. The maximum atomic E-state index is 12.4. The molecule has 0 saturated heterocycles. The first-order chi connectivity index (χ1) is 7.27. The summed E-state index contributed by atoms with van der Waals surface area (Å²) in [5, 5.41) is 0. The lowest BCUT2D eigenvalue weighted by atomic mass is 10.1. The van der Waals surface area contributed by atoms with Crippen molar-refractivity contribution in [2.75, 3.05) is 6.61 Å². The van der Waals surface area contributed by atoms with Crippen LogP contribution in [0.5, 0.6) is 0 Å². The van der Waals surface area contributed by atoms with Gasteiger partial charge in [-0.1, -0.05) is 30.3 Å². The predicted octanol–water partition coefficient (Wildman–Crippen LogP) is 1.63. The van der Waals surface area contributed by atoms with E-state index in [1.54, 1.807) is 6.92 Å². The zero-order valence-corrected chi connectivity index (χ0v) is 8.57. The fourth-order valence-corrected chi connectivity index (χ4v) is 1.26. The zero-order valence-electron chi connectivity index (χ0n) is 8.57. The Morgan fingerprint density at radius 2 is 2.13 bits per heavy atom. The molecule has 0 unspecified atom stereocenters. The summed E-state index contributed by atoms with van der Waals surface area (Å²) in [4.78, 5) is 11.3. The van der Waals surface area contributed by atoms with Crippen LogP contribution in [-0.4, -0.2) is 18.6 Å². The molecule has 1 N–H and O–H groups in total. The number of esters is 1. The van der Waals surface area contributed by atoms with Gasteiger partial charge in [0.25, 0.3) is 0 Å². The van der Waals surface area contributed by atoms with E-state index in [4.69, 9.17) is 4.74 Å². The topological polar surface area (TPSA) is 38.3 Å². The number of hydrogen-bond acceptors (Lipinski definition) is 3. The van der Waals surface area contributed by atoms with Crippen LogP contribution in [0.25, 0.3) is 0 Å². The van der Waals surface area contributed by atoms with Gasteiger partial charge < -0.3 is 4.74 Å².